The van der Waals surface area contributed by atoms with Gasteiger partial charge in [0.1, 0.15) is 0 Å². The van der Waals surface area contributed by atoms with Crippen molar-refractivity contribution in [2.45, 2.75) is 25.6 Å². The Bertz CT molecular complexity index is 525. The van der Waals surface area contributed by atoms with Crippen molar-refractivity contribution in [2.24, 2.45) is 5.92 Å². The largest absolute Gasteiger partial charge is 0.416 e. The van der Waals surface area contributed by atoms with Crippen molar-refractivity contribution in [3.8, 4) is 0 Å². The van der Waals surface area contributed by atoms with Crippen LogP contribution >= 0.6 is 0 Å². The lowest BCUT2D eigenvalue weighted by molar-refractivity contribution is -0.137. The lowest BCUT2D eigenvalue weighted by Gasteiger charge is -2.27. The van der Waals surface area contributed by atoms with Crippen molar-refractivity contribution in [3.05, 3.63) is 41.5 Å². The summed E-state index contributed by atoms with van der Waals surface area (Å²) in [5.41, 5.74) is 5.15. The van der Waals surface area contributed by atoms with Crippen molar-refractivity contribution in [3.63, 3.8) is 0 Å². The first kappa shape index (κ1) is 14.6. The lowest BCUT2D eigenvalue weighted by atomic mass is 9.95. The molecule has 1 aromatic rings. The summed E-state index contributed by atoms with van der Waals surface area (Å²) in [6.45, 7) is 1.91. The van der Waals surface area contributed by atoms with Crippen LogP contribution in [-0.2, 0) is 11.0 Å². The van der Waals surface area contributed by atoms with E-state index in [1.54, 1.807) is 18.2 Å². The number of hydrazine groups is 1. The number of rotatable bonds is 2. The predicted octanol–water partition coefficient (Wildman–Crippen LogP) is 2.75. The Hall–Kier alpha value is -1.82. The van der Waals surface area contributed by atoms with Gasteiger partial charge >= 0.3 is 6.18 Å². The Labute approximate surface area is 114 Å². The second-order valence-corrected chi connectivity index (χ2v) is 4.88. The van der Waals surface area contributed by atoms with E-state index < -0.39 is 11.7 Å². The van der Waals surface area contributed by atoms with Crippen LogP contribution in [0.4, 0.5) is 13.2 Å². The zero-order valence-corrected chi connectivity index (χ0v) is 10.9. The van der Waals surface area contributed by atoms with Gasteiger partial charge in [0.25, 0.3) is 0 Å². The highest BCUT2D eigenvalue weighted by Crippen LogP contribution is 2.29. The maximum Gasteiger partial charge on any atom is 0.416 e. The van der Waals surface area contributed by atoms with Gasteiger partial charge in [-0.05, 0) is 23.6 Å². The average molecular weight is 284 g/mol. The number of carbonyl (C=O) groups excluding carboxylic acids is 1. The first-order valence-electron chi connectivity index (χ1n) is 6.26. The summed E-state index contributed by atoms with van der Waals surface area (Å²) in [4.78, 5) is 11.1. The number of nitrogens with one attached hydrogen (secondary N) is 2. The third kappa shape index (κ3) is 3.60. The molecule has 1 aliphatic heterocycles. The third-order valence-corrected chi connectivity index (χ3v) is 3.21. The summed E-state index contributed by atoms with van der Waals surface area (Å²) in [7, 11) is 0. The van der Waals surface area contributed by atoms with Gasteiger partial charge in [0.15, 0.2) is 0 Å². The van der Waals surface area contributed by atoms with Crippen LogP contribution in [0.5, 0.6) is 0 Å². The number of amides is 1. The summed E-state index contributed by atoms with van der Waals surface area (Å²) in [5, 5.41) is 0. The smallest absolute Gasteiger partial charge is 0.291 e. The number of hydrogen-bond donors (Lipinski definition) is 2. The van der Waals surface area contributed by atoms with Gasteiger partial charge in [-0.25, -0.2) is 5.43 Å². The normalized spacial score (nSPS) is 23.9. The molecule has 108 valence electrons. The number of alkyl halides is 3. The highest BCUT2D eigenvalue weighted by Gasteiger charge is 2.30. The van der Waals surface area contributed by atoms with Gasteiger partial charge in [-0.1, -0.05) is 31.2 Å². The first-order chi connectivity index (χ1) is 9.36. The molecule has 20 heavy (non-hydrogen) atoms. The van der Waals surface area contributed by atoms with Gasteiger partial charge in [-0.3, -0.25) is 10.2 Å². The molecule has 2 rings (SSSR count). The molecule has 1 amide bonds. The number of benzene rings is 1. The molecule has 1 saturated heterocycles. The van der Waals surface area contributed by atoms with Crippen LogP contribution in [-0.4, -0.2) is 11.9 Å². The molecular weight excluding hydrogens is 269 g/mol. The molecule has 1 aliphatic rings. The Balaban J connectivity index is 2.10. The van der Waals surface area contributed by atoms with Gasteiger partial charge in [0.2, 0.25) is 5.91 Å². The van der Waals surface area contributed by atoms with Crippen LogP contribution in [0, 0.1) is 5.92 Å². The topological polar surface area (TPSA) is 41.1 Å². The SMILES string of the molecule is CC1CC(=O)NNC1/C=C/c1cccc(C(F)(F)F)c1. The Morgan fingerprint density at radius 1 is 1.35 bits per heavy atom. The van der Waals surface area contributed by atoms with E-state index in [-0.39, 0.29) is 17.9 Å². The maximum atomic E-state index is 12.6. The number of carbonyl (C=O) groups is 1. The molecule has 0 radical (unpaired) electrons. The Morgan fingerprint density at radius 3 is 2.75 bits per heavy atom. The number of hydrogen-bond acceptors (Lipinski definition) is 2. The molecule has 1 heterocycles. The van der Waals surface area contributed by atoms with Crippen LogP contribution in [0.3, 0.4) is 0 Å². The van der Waals surface area contributed by atoms with E-state index >= 15 is 0 Å². The second-order valence-electron chi connectivity index (χ2n) is 4.88. The summed E-state index contributed by atoms with van der Waals surface area (Å²) in [6.07, 6.45) is -0.556. The highest BCUT2D eigenvalue weighted by atomic mass is 19.4. The zero-order valence-electron chi connectivity index (χ0n) is 10.9. The molecule has 3 nitrogen and oxygen atoms in total. The molecule has 1 aromatic carbocycles. The fourth-order valence-electron chi connectivity index (χ4n) is 2.05. The van der Waals surface area contributed by atoms with Crippen LogP contribution in [0.25, 0.3) is 6.08 Å². The van der Waals surface area contributed by atoms with Gasteiger partial charge < -0.3 is 0 Å². The summed E-state index contributed by atoms with van der Waals surface area (Å²) < 4.78 is 37.8. The molecular formula is C14H15F3N2O. The molecule has 0 aliphatic carbocycles. The van der Waals surface area contributed by atoms with Gasteiger partial charge in [-0.15, -0.1) is 0 Å². The van der Waals surface area contributed by atoms with Crippen molar-refractivity contribution < 1.29 is 18.0 Å². The monoisotopic (exact) mass is 284 g/mol. The van der Waals surface area contributed by atoms with Gasteiger partial charge in [0, 0.05) is 12.5 Å². The zero-order chi connectivity index (χ0) is 14.8. The van der Waals surface area contributed by atoms with Crippen LogP contribution in [0.15, 0.2) is 30.3 Å². The van der Waals surface area contributed by atoms with E-state index in [9.17, 15) is 18.0 Å². The molecule has 6 heteroatoms. The molecule has 0 spiro atoms. The summed E-state index contributed by atoms with van der Waals surface area (Å²) >= 11 is 0. The van der Waals surface area contributed by atoms with E-state index in [2.05, 4.69) is 10.9 Å². The molecule has 2 atom stereocenters. The van der Waals surface area contributed by atoms with E-state index in [1.165, 1.54) is 6.07 Å². The minimum atomic E-state index is -4.34. The quantitative estimate of drug-likeness (QED) is 0.876. The van der Waals surface area contributed by atoms with Crippen molar-refractivity contribution in [1.82, 2.24) is 10.9 Å². The van der Waals surface area contributed by atoms with Crippen molar-refractivity contribution in [1.29, 1.82) is 0 Å². The Morgan fingerprint density at radius 2 is 2.10 bits per heavy atom. The molecule has 0 bridgehead atoms. The molecule has 0 aromatic heterocycles. The molecule has 1 fully saturated rings. The summed E-state index contributed by atoms with van der Waals surface area (Å²) in [6, 6.07) is 5.03. The fraction of sp³-hybridized carbons (Fsp3) is 0.357. The molecule has 0 saturated carbocycles. The second kappa shape index (κ2) is 5.66. The highest BCUT2D eigenvalue weighted by molar-refractivity contribution is 5.76. The van der Waals surface area contributed by atoms with Gasteiger partial charge in [0.05, 0.1) is 5.56 Å². The minimum absolute atomic E-state index is 0.0822. The average Bonchev–Trinajstić information content (AvgIpc) is 2.37. The van der Waals surface area contributed by atoms with Crippen LogP contribution in [0.1, 0.15) is 24.5 Å². The van der Waals surface area contributed by atoms with E-state index in [0.29, 0.717) is 12.0 Å². The summed E-state index contributed by atoms with van der Waals surface area (Å²) in [5.74, 6) is 0.00650. The van der Waals surface area contributed by atoms with Crippen LogP contribution in [0.2, 0.25) is 0 Å². The van der Waals surface area contributed by atoms with E-state index in [0.717, 1.165) is 12.1 Å². The fourth-order valence-corrected chi connectivity index (χ4v) is 2.05. The van der Waals surface area contributed by atoms with Crippen LogP contribution < -0.4 is 10.9 Å². The maximum absolute atomic E-state index is 12.6. The molecule has 2 N–H and O–H groups in total. The predicted molar refractivity (Wildman–Crippen MR) is 69.3 cm³/mol. The first-order valence-corrected chi connectivity index (χ1v) is 6.26. The molecule has 2 unspecified atom stereocenters. The third-order valence-electron chi connectivity index (χ3n) is 3.21. The van der Waals surface area contributed by atoms with Crippen molar-refractivity contribution in [2.75, 3.05) is 0 Å². The minimum Gasteiger partial charge on any atom is -0.291 e. The van der Waals surface area contributed by atoms with Crippen molar-refractivity contribution >= 4 is 12.0 Å². The van der Waals surface area contributed by atoms with Gasteiger partial charge in [-0.2, -0.15) is 13.2 Å². The van der Waals surface area contributed by atoms with E-state index in [4.69, 9.17) is 0 Å². The lowest BCUT2D eigenvalue weighted by Crippen LogP contribution is -2.52. The number of halogens is 3. The van der Waals surface area contributed by atoms with E-state index in [1.807, 2.05) is 6.92 Å². The standard InChI is InChI=1S/C14H15F3N2O/c1-9-7-13(20)19-18-12(9)6-5-10-3-2-4-11(8-10)14(15,16)17/h2-6,8-9,12,18H,7H2,1H3,(H,19,20)/b6-5+. The Kier molecular flexibility index (Phi) is 4.13.